The van der Waals surface area contributed by atoms with Gasteiger partial charge in [0.05, 0.1) is 16.6 Å². The molecule has 2 aliphatic rings. The van der Waals surface area contributed by atoms with E-state index in [1.54, 1.807) is 24.0 Å². The molecule has 0 bridgehead atoms. The highest BCUT2D eigenvalue weighted by atomic mass is 32.2. The van der Waals surface area contributed by atoms with Gasteiger partial charge in [0.2, 0.25) is 15.9 Å². The fourth-order valence-electron chi connectivity index (χ4n) is 4.21. The van der Waals surface area contributed by atoms with Crippen molar-refractivity contribution in [3.63, 3.8) is 0 Å². The first-order valence-corrected chi connectivity index (χ1v) is 11.9. The van der Waals surface area contributed by atoms with Gasteiger partial charge in [-0.05, 0) is 61.6 Å². The molecule has 4 rings (SSSR count). The minimum Gasteiger partial charge on any atom is -0.322 e. The van der Waals surface area contributed by atoms with Crippen molar-refractivity contribution in [3.05, 3.63) is 58.9 Å². The summed E-state index contributed by atoms with van der Waals surface area (Å²) in [6.45, 7) is 2.61. The predicted molar refractivity (Wildman–Crippen MR) is 113 cm³/mol. The van der Waals surface area contributed by atoms with Crippen LogP contribution in [0.15, 0.2) is 35.2 Å². The Balaban J connectivity index is 1.38. The third-order valence-electron chi connectivity index (χ3n) is 6.20. The van der Waals surface area contributed by atoms with E-state index in [2.05, 4.69) is 5.32 Å². The van der Waals surface area contributed by atoms with Crippen molar-refractivity contribution in [2.75, 3.05) is 31.5 Å². The normalized spacial score (nSPS) is 18.4. The Hall–Kier alpha value is -2.43. The number of aryl methyl sites for hydroxylation is 2. The van der Waals surface area contributed by atoms with Crippen LogP contribution in [0.25, 0.3) is 0 Å². The molecule has 1 saturated heterocycles. The smallest absolute Gasteiger partial charge is 0.243 e. The van der Waals surface area contributed by atoms with Crippen molar-refractivity contribution in [2.24, 2.45) is 0 Å². The summed E-state index contributed by atoms with van der Waals surface area (Å²) >= 11 is 0. The predicted octanol–water partition coefficient (Wildman–Crippen LogP) is 2.93. The summed E-state index contributed by atoms with van der Waals surface area (Å²) in [4.78, 5) is 14.6. The van der Waals surface area contributed by atoms with Gasteiger partial charge >= 0.3 is 0 Å². The van der Waals surface area contributed by atoms with Crippen LogP contribution >= 0.6 is 0 Å². The van der Waals surface area contributed by atoms with Crippen molar-refractivity contribution in [2.45, 2.75) is 37.1 Å². The minimum absolute atomic E-state index is 0.205. The van der Waals surface area contributed by atoms with E-state index in [0.717, 1.165) is 37.0 Å². The van der Waals surface area contributed by atoms with E-state index in [1.165, 1.54) is 9.87 Å². The molecule has 0 saturated carbocycles. The van der Waals surface area contributed by atoms with Crippen LogP contribution in [0.1, 0.15) is 24.5 Å². The zero-order chi connectivity index (χ0) is 23.0. The number of amides is 1. The van der Waals surface area contributed by atoms with Gasteiger partial charge in [-0.3, -0.25) is 9.69 Å². The molecule has 1 N–H and O–H groups in total. The number of nitrogens with zero attached hydrogens (tertiary/aromatic N) is 2. The molecule has 10 heteroatoms. The Morgan fingerprint density at radius 2 is 1.66 bits per heavy atom. The lowest BCUT2D eigenvalue weighted by molar-refractivity contribution is -0.121. The molecule has 1 amide bonds. The number of benzene rings is 2. The summed E-state index contributed by atoms with van der Waals surface area (Å²) in [6.07, 6.45) is 2.90. The van der Waals surface area contributed by atoms with Gasteiger partial charge in [-0.15, -0.1) is 0 Å². The molecule has 172 valence electrons. The number of sulfonamides is 1. The number of carbonyl (C=O) groups is 1. The molecule has 1 atom stereocenters. The molecule has 0 radical (unpaired) electrons. The van der Waals surface area contributed by atoms with Gasteiger partial charge < -0.3 is 5.32 Å². The SMILES string of the molecule is CC(C(=O)Nc1ccc(F)c(F)c1F)N1CCN(S(=O)(=O)c2ccc3c(c2)CCC3)CC1. The molecule has 6 nitrogen and oxygen atoms in total. The van der Waals surface area contributed by atoms with Gasteiger partial charge in [0.1, 0.15) is 0 Å². The number of hydrogen-bond donors (Lipinski definition) is 1. The molecule has 0 aromatic heterocycles. The van der Waals surface area contributed by atoms with Crippen LogP contribution in [0.5, 0.6) is 0 Å². The summed E-state index contributed by atoms with van der Waals surface area (Å²) in [5.74, 6) is -5.05. The van der Waals surface area contributed by atoms with Crippen LogP contribution < -0.4 is 5.32 Å². The Morgan fingerprint density at radius 3 is 2.38 bits per heavy atom. The zero-order valence-electron chi connectivity index (χ0n) is 17.6. The van der Waals surface area contributed by atoms with Crippen LogP contribution in [0.2, 0.25) is 0 Å². The van der Waals surface area contributed by atoms with Crippen LogP contribution in [0.3, 0.4) is 0 Å². The average Bonchev–Trinajstić information content (AvgIpc) is 3.27. The van der Waals surface area contributed by atoms with Gasteiger partial charge in [-0.1, -0.05) is 6.07 Å². The Kier molecular flexibility index (Phi) is 6.28. The van der Waals surface area contributed by atoms with Crippen molar-refractivity contribution in [3.8, 4) is 0 Å². The van der Waals surface area contributed by atoms with Gasteiger partial charge in [-0.2, -0.15) is 4.31 Å². The first-order valence-electron chi connectivity index (χ1n) is 10.5. The van der Waals surface area contributed by atoms with Gasteiger partial charge in [0, 0.05) is 26.2 Å². The maximum atomic E-state index is 13.8. The Bertz CT molecular complexity index is 1150. The summed E-state index contributed by atoms with van der Waals surface area (Å²) in [5, 5.41) is 2.27. The highest BCUT2D eigenvalue weighted by Crippen LogP contribution is 2.27. The molecule has 2 aromatic carbocycles. The second kappa shape index (κ2) is 8.84. The molecule has 32 heavy (non-hydrogen) atoms. The van der Waals surface area contributed by atoms with E-state index in [1.807, 2.05) is 6.07 Å². The van der Waals surface area contributed by atoms with E-state index in [-0.39, 0.29) is 18.0 Å². The van der Waals surface area contributed by atoms with Crippen molar-refractivity contribution in [1.29, 1.82) is 0 Å². The number of halogens is 3. The summed E-state index contributed by atoms with van der Waals surface area (Å²) in [5.41, 5.74) is 1.84. The highest BCUT2D eigenvalue weighted by molar-refractivity contribution is 7.89. The fourth-order valence-corrected chi connectivity index (χ4v) is 5.69. The van der Waals surface area contributed by atoms with Crippen LogP contribution in [0.4, 0.5) is 18.9 Å². The molecule has 1 aliphatic heterocycles. The number of rotatable bonds is 5. The third-order valence-corrected chi connectivity index (χ3v) is 8.10. The van der Waals surface area contributed by atoms with Crippen LogP contribution in [0, 0.1) is 17.5 Å². The topological polar surface area (TPSA) is 69.7 Å². The first kappa shape index (κ1) is 22.8. The van der Waals surface area contributed by atoms with Crippen LogP contribution in [-0.4, -0.2) is 55.8 Å². The fraction of sp³-hybridized carbons (Fsp3) is 0.409. The number of nitrogens with one attached hydrogen (secondary N) is 1. The van der Waals surface area contributed by atoms with Gasteiger partial charge in [-0.25, -0.2) is 21.6 Å². The average molecular weight is 468 g/mol. The van der Waals surface area contributed by atoms with E-state index in [9.17, 15) is 26.4 Å². The first-order chi connectivity index (χ1) is 15.2. The van der Waals surface area contributed by atoms with E-state index in [0.29, 0.717) is 13.1 Å². The largest absolute Gasteiger partial charge is 0.322 e. The van der Waals surface area contributed by atoms with E-state index < -0.39 is 45.1 Å². The Labute approximate surface area is 185 Å². The number of hydrogen-bond acceptors (Lipinski definition) is 4. The lowest BCUT2D eigenvalue weighted by Gasteiger charge is -2.36. The summed E-state index contributed by atoms with van der Waals surface area (Å²) in [7, 11) is -3.64. The van der Waals surface area contributed by atoms with Crippen molar-refractivity contribution < 1.29 is 26.4 Å². The summed E-state index contributed by atoms with van der Waals surface area (Å²) < 4.78 is 67.8. The van der Waals surface area contributed by atoms with Gasteiger partial charge in [0.25, 0.3) is 0 Å². The van der Waals surface area contributed by atoms with Crippen molar-refractivity contribution in [1.82, 2.24) is 9.21 Å². The molecule has 0 spiro atoms. The second-order valence-electron chi connectivity index (χ2n) is 8.11. The maximum absolute atomic E-state index is 13.8. The number of anilines is 1. The number of carbonyl (C=O) groups excluding carboxylic acids is 1. The zero-order valence-corrected chi connectivity index (χ0v) is 18.4. The lowest BCUT2D eigenvalue weighted by atomic mass is 10.1. The standard InChI is InChI=1S/C22H24F3N3O3S/c1-14(22(29)26-19-8-7-18(23)20(24)21(19)25)27-9-11-28(12-10-27)32(30,31)17-6-5-15-3-2-4-16(15)13-17/h5-8,13-14H,2-4,9-12H2,1H3,(H,26,29). The Morgan fingerprint density at radius 1 is 0.969 bits per heavy atom. The molecule has 1 unspecified atom stereocenters. The van der Waals surface area contributed by atoms with E-state index in [4.69, 9.17) is 0 Å². The molecule has 2 aromatic rings. The molecular weight excluding hydrogens is 443 g/mol. The highest BCUT2D eigenvalue weighted by Gasteiger charge is 2.32. The maximum Gasteiger partial charge on any atom is 0.243 e. The molecule has 1 fully saturated rings. The number of fused-ring (bicyclic) bond motifs is 1. The minimum atomic E-state index is -3.64. The quantitative estimate of drug-likeness (QED) is 0.687. The molecule has 1 heterocycles. The van der Waals surface area contributed by atoms with E-state index >= 15 is 0 Å². The number of piperazine rings is 1. The summed E-state index contributed by atoms with van der Waals surface area (Å²) in [6, 6.07) is 6.28. The lowest BCUT2D eigenvalue weighted by Crippen LogP contribution is -2.53. The molecule has 1 aliphatic carbocycles. The third kappa shape index (κ3) is 4.26. The van der Waals surface area contributed by atoms with Crippen LogP contribution in [-0.2, 0) is 27.7 Å². The van der Waals surface area contributed by atoms with Gasteiger partial charge in [0.15, 0.2) is 17.5 Å². The monoisotopic (exact) mass is 467 g/mol. The molecular formula is C22H24F3N3O3S. The second-order valence-corrected chi connectivity index (χ2v) is 10.1. The van der Waals surface area contributed by atoms with Crippen molar-refractivity contribution >= 4 is 21.6 Å².